The van der Waals surface area contributed by atoms with E-state index in [-0.39, 0.29) is 36.6 Å². The van der Waals surface area contributed by atoms with Gasteiger partial charge in [0, 0.05) is 31.6 Å². The van der Waals surface area contributed by atoms with Gasteiger partial charge in [-0.05, 0) is 91.7 Å². The van der Waals surface area contributed by atoms with Crippen LogP contribution in [0.4, 0.5) is 13.2 Å². The third-order valence-corrected chi connectivity index (χ3v) is 10.1. The van der Waals surface area contributed by atoms with Crippen molar-refractivity contribution < 1.29 is 18.0 Å². The fourth-order valence-electron chi connectivity index (χ4n) is 7.64. The van der Waals surface area contributed by atoms with E-state index in [0.717, 1.165) is 38.6 Å². The van der Waals surface area contributed by atoms with E-state index < -0.39 is 12.1 Å². The van der Waals surface area contributed by atoms with Crippen molar-refractivity contribution >= 4 is 5.91 Å². The molecule has 3 nitrogen and oxygen atoms in total. The predicted octanol–water partition coefficient (Wildman–Crippen LogP) is 7.44. The second-order valence-electron chi connectivity index (χ2n) is 13.0. The molecule has 1 saturated heterocycles. The molecule has 40 heavy (non-hydrogen) atoms. The molecule has 4 unspecified atom stereocenters. The molecule has 2 saturated carbocycles. The number of hydrogen-bond donors (Lipinski definition) is 1. The van der Waals surface area contributed by atoms with Gasteiger partial charge in [0.15, 0.2) is 0 Å². The van der Waals surface area contributed by atoms with Crippen LogP contribution in [-0.4, -0.2) is 36.1 Å². The number of rotatable bonds is 8. The Labute approximate surface area is 237 Å². The Kier molecular flexibility index (Phi) is 9.24. The lowest BCUT2D eigenvalue weighted by molar-refractivity contribution is -0.191. The summed E-state index contributed by atoms with van der Waals surface area (Å²) in [6.45, 7) is 6.38. The van der Waals surface area contributed by atoms with Gasteiger partial charge in [0.2, 0.25) is 5.91 Å². The van der Waals surface area contributed by atoms with Crippen LogP contribution >= 0.6 is 0 Å². The Balaban J connectivity index is 1.13. The summed E-state index contributed by atoms with van der Waals surface area (Å²) in [7, 11) is 0. The van der Waals surface area contributed by atoms with Crippen molar-refractivity contribution in [3.8, 4) is 0 Å². The number of alkyl halides is 3. The first kappa shape index (κ1) is 29.2. The second-order valence-corrected chi connectivity index (χ2v) is 13.0. The van der Waals surface area contributed by atoms with Crippen molar-refractivity contribution in [3.63, 3.8) is 0 Å². The fraction of sp³-hybridized carbons (Fsp3) is 0.618. The number of carbonyl (C=O) groups excluding carboxylic acids is 1. The summed E-state index contributed by atoms with van der Waals surface area (Å²) in [5, 5.41) is 3.72. The second kappa shape index (κ2) is 12.7. The van der Waals surface area contributed by atoms with Gasteiger partial charge in [-0.25, -0.2) is 0 Å². The van der Waals surface area contributed by atoms with E-state index in [9.17, 15) is 18.0 Å². The molecule has 5 rings (SSSR count). The monoisotopic (exact) mass is 554 g/mol. The lowest BCUT2D eigenvalue weighted by atomic mass is 9.70. The average molecular weight is 555 g/mol. The van der Waals surface area contributed by atoms with Gasteiger partial charge in [0.1, 0.15) is 0 Å². The third kappa shape index (κ3) is 7.10. The van der Waals surface area contributed by atoms with Crippen molar-refractivity contribution in [1.29, 1.82) is 0 Å². The summed E-state index contributed by atoms with van der Waals surface area (Å²) in [6, 6.07) is 19.7. The Morgan fingerprint density at radius 1 is 0.875 bits per heavy atom. The lowest BCUT2D eigenvalue weighted by Gasteiger charge is -2.45. The summed E-state index contributed by atoms with van der Waals surface area (Å²) in [5.41, 5.74) is 3.94. The molecule has 0 spiro atoms. The van der Waals surface area contributed by atoms with Crippen LogP contribution in [0.3, 0.4) is 0 Å². The molecule has 0 aromatic heterocycles. The summed E-state index contributed by atoms with van der Waals surface area (Å²) in [4.78, 5) is 15.7. The third-order valence-electron chi connectivity index (χ3n) is 10.1. The van der Waals surface area contributed by atoms with Crippen molar-refractivity contribution in [3.05, 3.63) is 71.3 Å². The first-order valence-electron chi connectivity index (χ1n) is 15.4. The molecule has 3 aliphatic rings. The molecule has 2 aromatic rings. The number of nitrogens with zero attached hydrogens (tertiary/aromatic N) is 1. The number of carbonyl (C=O) groups is 1. The molecule has 1 amide bonds. The summed E-state index contributed by atoms with van der Waals surface area (Å²) < 4.78 is 40.2. The Morgan fingerprint density at radius 2 is 1.55 bits per heavy atom. The highest BCUT2D eigenvalue weighted by molar-refractivity contribution is 5.79. The quantitative estimate of drug-likeness (QED) is 0.368. The first-order valence-corrected chi connectivity index (χ1v) is 15.4. The molecule has 218 valence electrons. The van der Waals surface area contributed by atoms with Crippen LogP contribution < -0.4 is 5.32 Å². The largest absolute Gasteiger partial charge is 0.391 e. The van der Waals surface area contributed by atoms with Crippen molar-refractivity contribution in [2.45, 2.75) is 84.0 Å². The summed E-state index contributed by atoms with van der Waals surface area (Å²) in [6.07, 6.45) is 1.66. The zero-order valence-corrected chi connectivity index (χ0v) is 24.0. The summed E-state index contributed by atoms with van der Waals surface area (Å²) >= 11 is 0. The normalized spacial score (nSPS) is 29.0. The molecule has 0 bridgehead atoms. The summed E-state index contributed by atoms with van der Waals surface area (Å²) in [5.74, 6) is -0.0448. The van der Waals surface area contributed by atoms with Gasteiger partial charge in [0.25, 0.3) is 0 Å². The van der Waals surface area contributed by atoms with Crippen molar-refractivity contribution in [2.75, 3.05) is 13.1 Å². The Morgan fingerprint density at radius 3 is 2.23 bits per heavy atom. The maximum atomic E-state index is 13.8. The maximum absolute atomic E-state index is 13.8. The van der Waals surface area contributed by atoms with Crippen molar-refractivity contribution in [1.82, 2.24) is 10.2 Å². The fourth-order valence-corrected chi connectivity index (χ4v) is 7.64. The van der Waals surface area contributed by atoms with E-state index in [0.29, 0.717) is 37.3 Å². The number of aryl methyl sites for hydroxylation is 2. The zero-order chi connectivity index (χ0) is 28.3. The molecule has 2 aliphatic carbocycles. The number of nitrogens with one attached hydrogen (secondary N) is 1. The molecule has 2 aromatic carbocycles. The number of likely N-dealkylation sites (tertiary alicyclic amines) is 1. The minimum Gasteiger partial charge on any atom is -0.342 e. The molecular formula is C34H45F3N2O. The smallest absolute Gasteiger partial charge is 0.342 e. The van der Waals surface area contributed by atoms with E-state index >= 15 is 0 Å². The van der Waals surface area contributed by atoms with Crippen LogP contribution in [-0.2, 0) is 24.2 Å². The molecular weight excluding hydrogens is 509 g/mol. The van der Waals surface area contributed by atoms with Gasteiger partial charge in [0.05, 0.1) is 5.92 Å². The van der Waals surface area contributed by atoms with E-state index in [1.807, 2.05) is 11.0 Å². The van der Waals surface area contributed by atoms with Crippen LogP contribution in [0.2, 0.25) is 0 Å². The first-order chi connectivity index (χ1) is 19.2. The molecule has 6 heteroatoms. The number of hydrogen-bond acceptors (Lipinski definition) is 2. The molecule has 3 fully saturated rings. The van der Waals surface area contributed by atoms with Crippen LogP contribution in [0.1, 0.15) is 69.1 Å². The molecule has 6 atom stereocenters. The topological polar surface area (TPSA) is 32.3 Å². The zero-order valence-electron chi connectivity index (χ0n) is 24.0. The number of halogens is 3. The van der Waals surface area contributed by atoms with Gasteiger partial charge < -0.3 is 10.2 Å². The standard InChI is InChI=1S/C34H45F3N2O/c1-23(2)31-19-30(38-21-26-12-10-25(11-13-26)9-8-24-6-4-3-5-7-24)20-32(31)33(40)39-17-16-27-14-15-29(34(35,36)37)18-28(27)22-39/h3-7,10-13,23,27-32,38H,8-9,14-22H2,1-2H3/t27?,28?,29?,30-,31?,32-/m1/s1. The minimum absolute atomic E-state index is 0.0124. The lowest BCUT2D eigenvalue weighted by Crippen LogP contribution is -2.49. The van der Waals surface area contributed by atoms with Crippen LogP contribution in [0.25, 0.3) is 0 Å². The van der Waals surface area contributed by atoms with Crippen LogP contribution in [0, 0.1) is 35.5 Å². The van der Waals surface area contributed by atoms with Crippen molar-refractivity contribution in [2.24, 2.45) is 35.5 Å². The van der Waals surface area contributed by atoms with Crippen LogP contribution in [0.15, 0.2) is 54.6 Å². The molecule has 1 aliphatic heterocycles. The number of fused-ring (bicyclic) bond motifs is 1. The molecule has 1 heterocycles. The van der Waals surface area contributed by atoms with Crippen LogP contribution in [0.5, 0.6) is 0 Å². The van der Waals surface area contributed by atoms with E-state index in [4.69, 9.17) is 0 Å². The highest BCUT2D eigenvalue weighted by Gasteiger charge is 2.48. The number of benzene rings is 2. The Bertz CT molecular complexity index is 1100. The van der Waals surface area contributed by atoms with E-state index in [1.54, 1.807) is 0 Å². The van der Waals surface area contributed by atoms with Gasteiger partial charge >= 0.3 is 6.18 Å². The van der Waals surface area contributed by atoms with E-state index in [1.165, 1.54) is 16.7 Å². The van der Waals surface area contributed by atoms with Gasteiger partial charge in [-0.2, -0.15) is 13.2 Å². The SMILES string of the molecule is CC(C)C1C[C@@H](NCc2ccc(CCc3ccccc3)cc2)C[C@H]1C(=O)N1CCC2CCC(C(F)(F)F)CC2C1. The number of piperidine rings is 1. The highest BCUT2D eigenvalue weighted by Crippen LogP contribution is 2.46. The van der Waals surface area contributed by atoms with Gasteiger partial charge in [-0.3, -0.25) is 4.79 Å². The molecule has 1 N–H and O–H groups in total. The predicted molar refractivity (Wildman–Crippen MR) is 154 cm³/mol. The number of amides is 1. The Hall–Kier alpha value is -2.34. The molecule has 0 radical (unpaired) electrons. The minimum atomic E-state index is -4.12. The van der Waals surface area contributed by atoms with Gasteiger partial charge in [-0.15, -0.1) is 0 Å². The average Bonchev–Trinajstić information content (AvgIpc) is 3.39. The highest BCUT2D eigenvalue weighted by atomic mass is 19.4. The van der Waals surface area contributed by atoms with Gasteiger partial charge in [-0.1, -0.05) is 68.4 Å². The van der Waals surface area contributed by atoms with E-state index in [2.05, 4.69) is 67.7 Å². The maximum Gasteiger partial charge on any atom is 0.391 e.